The Kier molecular flexibility index (Phi) is 5.35. The summed E-state index contributed by atoms with van der Waals surface area (Å²) in [4.78, 5) is 14.2. The number of ketones is 1. The average Bonchev–Trinajstić information content (AvgIpc) is 2.81. The van der Waals surface area contributed by atoms with E-state index in [4.69, 9.17) is 0 Å². The molecule has 0 unspecified atom stereocenters. The van der Waals surface area contributed by atoms with Gasteiger partial charge in [-0.05, 0) is 37.8 Å². The lowest BCUT2D eigenvalue weighted by Crippen LogP contribution is -2.38. The van der Waals surface area contributed by atoms with E-state index in [2.05, 4.69) is 27.8 Å². The van der Waals surface area contributed by atoms with Crippen molar-refractivity contribution in [2.45, 2.75) is 46.6 Å². The molecule has 2 rings (SSSR count). The van der Waals surface area contributed by atoms with Gasteiger partial charge in [-0.15, -0.1) is 0 Å². The molecule has 1 fully saturated rings. The van der Waals surface area contributed by atoms with Gasteiger partial charge in [0.1, 0.15) is 5.78 Å². The second-order valence-electron chi connectivity index (χ2n) is 6.42. The Bertz CT molecular complexity index is 439. The Morgan fingerprint density at radius 2 is 2.30 bits per heavy atom. The summed E-state index contributed by atoms with van der Waals surface area (Å²) >= 11 is 0. The third-order valence-corrected chi connectivity index (χ3v) is 4.13. The Hall–Kier alpha value is -1.16. The quantitative estimate of drug-likeness (QED) is 0.802. The van der Waals surface area contributed by atoms with Crippen molar-refractivity contribution in [3.05, 3.63) is 18.0 Å². The highest BCUT2D eigenvalue weighted by Gasteiger charge is 2.21. The highest BCUT2D eigenvalue weighted by atomic mass is 16.1. The summed E-state index contributed by atoms with van der Waals surface area (Å²) in [5, 5.41) is 4.38. The molecule has 1 atom stereocenters. The number of carbonyl (C=O) groups is 1. The fourth-order valence-electron chi connectivity index (χ4n) is 2.89. The molecule has 0 bridgehead atoms. The Morgan fingerprint density at radius 3 is 2.95 bits per heavy atom. The van der Waals surface area contributed by atoms with Gasteiger partial charge in [-0.25, -0.2) is 0 Å². The monoisotopic (exact) mass is 277 g/mol. The van der Waals surface area contributed by atoms with Gasteiger partial charge < -0.3 is 4.90 Å². The molecule has 0 amide bonds. The fraction of sp³-hybridized carbons (Fsp3) is 0.750. The minimum atomic E-state index is 0.169. The molecule has 0 N–H and O–H groups in total. The fourth-order valence-corrected chi connectivity index (χ4v) is 2.89. The normalized spacial score (nSPS) is 20.5. The van der Waals surface area contributed by atoms with Crippen LogP contribution in [0.3, 0.4) is 0 Å². The van der Waals surface area contributed by atoms with E-state index < -0.39 is 0 Å². The molecular formula is C16H27N3O. The number of nitrogens with zero attached hydrogens (tertiary/aromatic N) is 3. The zero-order chi connectivity index (χ0) is 14.5. The minimum absolute atomic E-state index is 0.169. The number of Topliss-reactive ketones (excluding diaryl/α,β-unsaturated/α-hetero) is 1. The van der Waals surface area contributed by atoms with Crippen molar-refractivity contribution in [1.29, 1.82) is 0 Å². The van der Waals surface area contributed by atoms with Crippen LogP contribution in [0.4, 0.5) is 0 Å². The number of piperidine rings is 1. The highest BCUT2D eigenvalue weighted by Crippen LogP contribution is 2.18. The molecule has 4 nitrogen and oxygen atoms in total. The lowest BCUT2D eigenvalue weighted by atomic mass is 9.97. The van der Waals surface area contributed by atoms with E-state index >= 15 is 0 Å². The van der Waals surface area contributed by atoms with E-state index in [1.165, 1.54) is 18.4 Å². The number of hydrogen-bond acceptors (Lipinski definition) is 3. The van der Waals surface area contributed by atoms with Gasteiger partial charge >= 0.3 is 0 Å². The van der Waals surface area contributed by atoms with Crippen LogP contribution in [0.1, 0.15) is 38.7 Å². The Balaban J connectivity index is 1.78. The van der Waals surface area contributed by atoms with Crippen LogP contribution in [0.15, 0.2) is 12.4 Å². The van der Waals surface area contributed by atoms with E-state index in [9.17, 15) is 4.79 Å². The van der Waals surface area contributed by atoms with Crippen molar-refractivity contribution in [2.75, 3.05) is 19.6 Å². The molecule has 0 radical (unpaired) electrons. The molecule has 0 spiro atoms. The lowest BCUT2D eigenvalue weighted by Gasteiger charge is -2.32. The van der Waals surface area contributed by atoms with E-state index in [1.807, 2.05) is 20.0 Å². The maximum absolute atomic E-state index is 11.7. The molecule has 0 aromatic carbocycles. The lowest BCUT2D eigenvalue weighted by molar-refractivity contribution is -0.122. The van der Waals surface area contributed by atoms with Crippen molar-refractivity contribution in [3.63, 3.8) is 0 Å². The summed E-state index contributed by atoms with van der Waals surface area (Å²) < 4.78 is 2.06. The smallest absolute Gasteiger partial charge is 0.136 e. The molecule has 0 aliphatic carbocycles. The maximum Gasteiger partial charge on any atom is 0.136 e. The zero-order valence-corrected chi connectivity index (χ0v) is 13.0. The largest absolute Gasteiger partial charge is 0.303 e. The molecule has 112 valence electrons. The van der Waals surface area contributed by atoms with Crippen LogP contribution in [0.5, 0.6) is 0 Å². The zero-order valence-electron chi connectivity index (χ0n) is 13.0. The third kappa shape index (κ3) is 4.44. The number of aromatic nitrogens is 2. The Labute approximate surface area is 122 Å². The van der Waals surface area contributed by atoms with E-state index in [-0.39, 0.29) is 5.92 Å². The van der Waals surface area contributed by atoms with Crippen molar-refractivity contribution < 1.29 is 4.79 Å². The van der Waals surface area contributed by atoms with E-state index in [0.717, 1.165) is 26.2 Å². The van der Waals surface area contributed by atoms with Crippen molar-refractivity contribution in [3.8, 4) is 0 Å². The van der Waals surface area contributed by atoms with Gasteiger partial charge in [-0.1, -0.05) is 13.8 Å². The van der Waals surface area contributed by atoms with Gasteiger partial charge in [-0.3, -0.25) is 9.48 Å². The second kappa shape index (κ2) is 7.02. The molecule has 1 aliphatic heterocycles. The maximum atomic E-state index is 11.7. The number of carbonyl (C=O) groups excluding carboxylic acids is 1. The molecule has 2 heterocycles. The summed E-state index contributed by atoms with van der Waals surface area (Å²) in [6, 6.07) is 0. The number of aryl methyl sites for hydroxylation is 1. The molecule has 1 aromatic heterocycles. The molecule has 20 heavy (non-hydrogen) atoms. The molecule has 1 aliphatic rings. The van der Waals surface area contributed by atoms with Crippen molar-refractivity contribution >= 4 is 5.78 Å². The molecule has 4 heteroatoms. The molecule has 1 aromatic rings. The van der Waals surface area contributed by atoms with Crippen LogP contribution in [0.2, 0.25) is 0 Å². The number of likely N-dealkylation sites (tertiary alicyclic amines) is 1. The van der Waals surface area contributed by atoms with E-state index in [0.29, 0.717) is 18.1 Å². The van der Waals surface area contributed by atoms with Gasteiger partial charge in [0.05, 0.1) is 6.20 Å². The van der Waals surface area contributed by atoms with E-state index in [1.54, 1.807) is 0 Å². The van der Waals surface area contributed by atoms with Crippen LogP contribution in [0, 0.1) is 18.8 Å². The summed E-state index contributed by atoms with van der Waals surface area (Å²) in [5.41, 5.74) is 1.22. The topological polar surface area (TPSA) is 38.1 Å². The van der Waals surface area contributed by atoms with Crippen LogP contribution in [-0.4, -0.2) is 40.1 Å². The average molecular weight is 277 g/mol. The van der Waals surface area contributed by atoms with Crippen LogP contribution in [0.25, 0.3) is 0 Å². The molecular weight excluding hydrogens is 250 g/mol. The number of hydrogen-bond donors (Lipinski definition) is 0. The predicted octanol–water partition coefficient (Wildman–Crippen LogP) is 2.52. The molecule has 0 saturated carbocycles. The summed E-state index contributed by atoms with van der Waals surface area (Å²) in [5.74, 6) is 1.22. The first-order chi connectivity index (χ1) is 9.54. The second-order valence-corrected chi connectivity index (χ2v) is 6.42. The van der Waals surface area contributed by atoms with Crippen LogP contribution in [-0.2, 0) is 11.3 Å². The van der Waals surface area contributed by atoms with Crippen molar-refractivity contribution in [1.82, 2.24) is 14.7 Å². The summed E-state index contributed by atoms with van der Waals surface area (Å²) in [6.07, 6.45) is 7.24. The van der Waals surface area contributed by atoms with Crippen molar-refractivity contribution in [2.24, 2.45) is 11.8 Å². The van der Waals surface area contributed by atoms with Gasteiger partial charge in [-0.2, -0.15) is 5.10 Å². The van der Waals surface area contributed by atoms with Gasteiger partial charge in [0.25, 0.3) is 0 Å². The molecule has 1 saturated heterocycles. The van der Waals surface area contributed by atoms with Gasteiger partial charge in [0.2, 0.25) is 0 Å². The van der Waals surface area contributed by atoms with Crippen LogP contribution >= 0.6 is 0 Å². The first kappa shape index (κ1) is 15.2. The summed E-state index contributed by atoms with van der Waals surface area (Å²) in [7, 11) is 0. The highest BCUT2D eigenvalue weighted by molar-refractivity contribution is 5.80. The summed E-state index contributed by atoms with van der Waals surface area (Å²) in [6.45, 7) is 10.2. The third-order valence-electron chi connectivity index (χ3n) is 4.13. The van der Waals surface area contributed by atoms with Crippen LogP contribution < -0.4 is 0 Å². The Morgan fingerprint density at radius 1 is 1.50 bits per heavy atom. The minimum Gasteiger partial charge on any atom is -0.303 e. The predicted molar refractivity (Wildman–Crippen MR) is 80.6 cm³/mol. The van der Waals surface area contributed by atoms with Gasteiger partial charge in [0, 0.05) is 38.2 Å². The number of rotatable bonds is 6. The first-order valence-electron chi connectivity index (χ1n) is 7.78. The van der Waals surface area contributed by atoms with Gasteiger partial charge in [0.15, 0.2) is 0 Å². The first-order valence-corrected chi connectivity index (χ1v) is 7.78. The standard InChI is InChI=1S/C16H27N3O/c1-13(2)16(20)6-8-18-7-4-5-15(11-18)12-19-10-14(3)9-17-19/h9-10,13,15H,4-8,11-12H2,1-3H3/t15-/m0/s1. The SMILES string of the molecule is Cc1cnn(C[C@H]2CCCN(CCC(=O)C(C)C)C2)c1.